The third-order valence-electron chi connectivity index (χ3n) is 12.8. The summed E-state index contributed by atoms with van der Waals surface area (Å²) in [6, 6.07) is 52.5. The molecule has 0 N–H and O–H groups in total. The van der Waals surface area contributed by atoms with Crippen molar-refractivity contribution in [2.24, 2.45) is 0 Å². The van der Waals surface area contributed by atoms with E-state index in [2.05, 4.69) is 178 Å². The Kier molecular flexibility index (Phi) is 6.94. The van der Waals surface area contributed by atoms with Crippen molar-refractivity contribution in [1.82, 2.24) is 0 Å². The molecule has 2 aliphatic heterocycles. The lowest BCUT2D eigenvalue weighted by Crippen LogP contribution is -2.59. The molecule has 0 radical (unpaired) electrons. The number of hydrogen-bond acceptors (Lipinski definition) is 3. The van der Waals surface area contributed by atoms with E-state index in [1.807, 2.05) is 11.3 Å². The van der Waals surface area contributed by atoms with Crippen molar-refractivity contribution in [3.05, 3.63) is 168 Å². The first kappa shape index (κ1) is 33.1. The molecule has 9 aromatic rings. The summed E-state index contributed by atoms with van der Waals surface area (Å²) in [5, 5.41) is 5.09. The summed E-state index contributed by atoms with van der Waals surface area (Å²) in [7, 11) is 0. The second-order valence-corrected chi connectivity index (χ2v) is 18.3. The number of furan rings is 1. The molecule has 0 amide bonds. The van der Waals surface area contributed by atoms with Crippen LogP contribution in [0.3, 0.4) is 0 Å². The smallest absolute Gasteiger partial charge is 0.293 e. The minimum atomic E-state index is -0.0619. The fourth-order valence-electron chi connectivity index (χ4n) is 10.1. The number of allylic oxidation sites excluding steroid dienone is 1. The summed E-state index contributed by atoms with van der Waals surface area (Å²) in [6.45, 7) is 9.13. The Morgan fingerprint density at radius 3 is 2.32 bits per heavy atom. The molecule has 0 fully saturated rings. The van der Waals surface area contributed by atoms with Crippen LogP contribution >= 0.6 is 11.3 Å². The summed E-state index contributed by atoms with van der Waals surface area (Å²) in [5.41, 5.74) is 18.9. The van der Waals surface area contributed by atoms with E-state index < -0.39 is 0 Å². The third-order valence-corrected chi connectivity index (χ3v) is 13.9. The minimum Gasteiger partial charge on any atom is -0.469 e. The molecule has 0 saturated heterocycles. The van der Waals surface area contributed by atoms with Crippen molar-refractivity contribution in [3.63, 3.8) is 0 Å². The zero-order valence-corrected chi connectivity index (χ0v) is 33.4. The molecule has 4 heteroatoms. The maximum absolute atomic E-state index is 7.41. The number of aryl methyl sites for hydroxylation is 2. The van der Waals surface area contributed by atoms with Crippen molar-refractivity contribution < 1.29 is 4.42 Å². The summed E-state index contributed by atoms with van der Waals surface area (Å²) in [6.07, 6.45) is 4.36. The van der Waals surface area contributed by atoms with Crippen LogP contribution in [0, 0.1) is 6.92 Å². The van der Waals surface area contributed by atoms with Crippen LogP contribution in [-0.4, -0.2) is 6.71 Å². The number of thiophene rings is 1. The molecule has 0 bridgehead atoms. The summed E-state index contributed by atoms with van der Waals surface area (Å²) in [4.78, 5) is 2.59. The van der Waals surface area contributed by atoms with Crippen molar-refractivity contribution in [2.75, 3.05) is 4.90 Å². The average molecular weight is 750 g/mol. The number of anilines is 3. The highest BCUT2D eigenvalue weighted by atomic mass is 32.1. The van der Waals surface area contributed by atoms with E-state index >= 15 is 0 Å². The SMILES string of the molecule is Cc1cc2c3c(c1)N(c1ccc(C(C)(C)C)cc1-c1ccccc1)c1cc4c(cc1B3c1oc(C3=Cc5ccccc5CC3)c3cccc-2c13)sc1ccccc14. The van der Waals surface area contributed by atoms with Gasteiger partial charge in [0.05, 0.1) is 11.3 Å². The van der Waals surface area contributed by atoms with Crippen LogP contribution in [-0.2, 0) is 11.8 Å². The Morgan fingerprint density at radius 2 is 1.44 bits per heavy atom. The molecule has 3 aliphatic rings. The Hall–Kier alpha value is -6.10. The van der Waals surface area contributed by atoms with Gasteiger partial charge in [0.2, 0.25) is 0 Å². The predicted molar refractivity (Wildman–Crippen MR) is 245 cm³/mol. The maximum atomic E-state index is 7.41. The van der Waals surface area contributed by atoms with Crippen LogP contribution in [0.2, 0.25) is 0 Å². The number of hydrogen-bond donors (Lipinski definition) is 0. The second kappa shape index (κ2) is 12.0. The van der Waals surface area contributed by atoms with Crippen LogP contribution in [0.1, 0.15) is 55.2 Å². The third kappa shape index (κ3) is 4.84. The topological polar surface area (TPSA) is 16.4 Å². The van der Waals surface area contributed by atoms with Crippen LogP contribution in [0.25, 0.3) is 64.8 Å². The number of fused-ring (bicyclic) bond motifs is 8. The highest BCUT2D eigenvalue weighted by Crippen LogP contribution is 2.49. The van der Waals surface area contributed by atoms with Gasteiger partial charge in [0.25, 0.3) is 6.71 Å². The molecule has 272 valence electrons. The molecule has 4 heterocycles. The van der Waals surface area contributed by atoms with E-state index in [1.165, 1.54) is 109 Å². The van der Waals surface area contributed by atoms with Gasteiger partial charge in [-0.05, 0) is 123 Å². The van der Waals surface area contributed by atoms with Gasteiger partial charge in [-0.15, -0.1) is 11.3 Å². The lowest BCUT2D eigenvalue weighted by atomic mass is 9.34. The minimum absolute atomic E-state index is 0.000847. The van der Waals surface area contributed by atoms with E-state index in [-0.39, 0.29) is 12.1 Å². The molecule has 12 rings (SSSR count). The van der Waals surface area contributed by atoms with Crippen molar-refractivity contribution in [3.8, 4) is 22.3 Å². The van der Waals surface area contributed by atoms with Crippen molar-refractivity contribution in [1.29, 1.82) is 0 Å². The van der Waals surface area contributed by atoms with Crippen molar-refractivity contribution in [2.45, 2.75) is 46.0 Å². The molecular formula is C53H40BNOS. The predicted octanol–water partition coefficient (Wildman–Crippen LogP) is 12.8. The number of rotatable bonds is 3. The van der Waals surface area contributed by atoms with Gasteiger partial charge in [0, 0.05) is 47.9 Å². The van der Waals surface area contributed by atoms with E-state index in [1.54, 1.807) is 0 Å². The largest absolute Gasteiger partial charge is 0.469 e. The van der Waals surface area contributed by atoms with E-state index in [0.29, 0.717) is 0 Å². The Balaban J connectivity index is 1.19. The molecule has 0 spiro atoms. The first-order valence-corrected chi connectivity index (χ1v) is 21.1. The van der Waals surface area contributed by atoms with Crippen LogP contribution in [0.4, 0.5) is 17.1 Å². The van der Waals surface area contributed by atoms with Gasteiger partial charge in [-0.25, -0.2) is 0 Å². The van der Waals surface area contributed by atoms with Crippen LogP contribution in [0.15, 0.2) is 144 Å². The number of nitrogens with zero attached hydrogens (tertiary/aromatic N) is 1. The Morgan fingerprint density at radius 1 is 0.632 bits per heavy atom. The fourth-order valence-corrected chi connectivity index (χ4v) is 11.2. The second-order valence-electron chi connectivity index (χ2n) is 17.3. The molecule has 7 aromatic carbocycles. The lowest BCUT2D eigenvalue weighted by molar-refractivity contribution is 0.586. The molecule has 0 saturated carbocycles. The molecule has 57 heavy (non-hydrogen) atoms. The first-order chi connectivity index (χ1) is 27.8. The molecule has 2 aromatic heterocycles. The molecule has 1 aliphatic carbocycles. The van der Waals surface area contributed by atoms with Gasteiger partial charge in [-0.1, -0.05) is 124 Å². The van der Waals surface area contributed by atoms with Gasteiger partial charge < -0.3 is 9.32 Å². The van der Waals surface area contributed by atoms with Crippen LogP contribution in [0.5, 0.6) is 0 Å². The zero-order chi connectivity index (χ0) is 38.2. The molecular weight excluding hydrogens is 709 g/mol. The normalized spacial score (nSPS) is 14.2. The quantitative estimate of drug-likeness (QED) is 0.167. The van der Waals surface area contributed by atoms with Gasteiger partial charge in [-0.3, -0.25) is 0 Å². The first-order valence-electron chi connectivity index (χ1n) is 20.2. The fraction of sp³-hybridized carbons (Fsp3) is 0.132. The van der Waals surface area contributed by atoms with Gasteiger partial charge in [0.1, 0.15) is 5.76 Å². The zero-order valence-electron chi connectivity index (χ0n) is 32.6. The summed E-state index contributed by atoms with van der Waals surface area (Å²) >= 11 is 1.90. The molecule has 0 atom stereocenters. The van der Waals surface area contributed by atoms with Gasteiger partial charge >= 0.3 is 0 Å². The summed E-state index contributed by atoms with van der Waals surface area (Å²) < 4.78 is 10.0. The maximum Gasteiger partial charge on any atom is 0.293 e. The lowest BCUT2D eigenvalue weighted by Gasteiger charge is -2.40. The summed E-state index contributed by atoms with van der Waals surface area (Å²) in [5.74, 6) is 1.03. The highest BCUT2D eigenvalue weighted by molar-refractivity contribution is 7.26. The molecule has 0 unspecified atom stereocenters. The number of benzene rings is 7. The average Bonchev–Trinajstić information content (AvgIpc) is 3.80. The Bertz CT molecular complexity index is 3190. The van der Waals surface area contributed by atoms with Gasteiger partial charge in [-0.2, -0.15) is 0 Å². The van der Waals surface area contributed by atoms with Crippen molar-refractivity contribution >= 4 is 94.3 Å². The van der Waals surface area contributed by atoms with E-state index in [4.69, 9.17) is 4.42 Å². The Labute approximate surface area is 337 Å². The van der Waals surface area contributed by atoms with Gasteiger partial charge in [0.15, 0.2) is 0 Å². The van der Waals surface area contributed by atoms with Crippen LogP contribution < -0.4 is 21.5 Å². The van der Waals surface area contributed by atoms with E-state index in [0.717, 1.165) is 24.3 Å². The monoisotopic (exact) mass is 749 g/mol. The molecule has 2 nitrogen and oxygen atoms in total. The highest BCUT2D eigenvalue weighted by Gasteiger charge is 2.45. The van der Waals surface area contributed by atoms with E-state index in [9.17, 15) is 0 Å². The standard InChI is InChI=1S/C53H40BNOS/c1-31-25-42-38-18-12-19-39-49(38)52(56-51(39)35-22-21-32-13-8-9-16-34(32)27-35)54-43-30-48-41(37-17-10-11-20-47(37)57-48)29-45(43)55(46(26-31)50(42)54)44-24-23-36(53(2,3)4)28-40(44)33-14-6-5-7-15-33/h5-20,23-30H,21-22H2,1-4H3.